The van der Waals surface area contributed by atoms with Crippen LogP contribution in [0.3, 0.4) is 0 Å². The molecule has 0 radical (unpaired) electrons. The summed E-state index contributed by atoms with van der Waals surface area (Å²) in [5, 5.41) is 6.79. The van der Waals surface area contributed by atoms with Crippen molar-refractivity contribution in [1.29, 1.82) is 0 Å². The molecular formula is C33H46Cl2MnN3O3. The number of rotatable bonds is 11. The maximum Gasteiger partial charge on any atom is 3.00 e. The fourth-order valence-corrected chi connectivity index (χ4v) is 4.57. The van der Waals surface area contributed by atoms with Crippen molar-refractivity contribution >= 4 is 35.2 Å². The van der Waals surface area contributed by atoms with Crippen molar-refractivity contribution in [2.45, 2.75) is 91.0 Å². The van der Waals surface area contributed by atoms with Crippen LogP contribution in [0.1, 0.15) is 71.4 Å². The van der Waals surface area contributed by atoms with Crippen LogP contribution in [0.5, 0.6) is 0 Å². The fourth-order valence-electron chi connectivity index (χ4n) is 4.25. The Labute approximate surface area is 274 Å². The average Bonchev–Trinajstić information content (AvgIpc) is 3.36. The molecule has 2 aromatic rings. The first kappa shape index (κ1) is 38.1. The Morgan fingerprint density at radius 3 is 2.40 bits per heavy atom. The Bertz CT molecular complexity index is 1080. The molecule has 0 bridgehead atoms. The standard InChI is InChI=1S/C20H30N2O2.C13H16Cl2NO.Mn/c1-5-18(12-11-16-9-7-6-8-10-16)22-14-13-17(15-22)21-19(23)24-20(2,3)4;1-9(2)3-6-13(17)16-8-10-4-5-11(14)12(15)7-10;/h6-10,14,17-18H,1,5,11-13,15H2,2-4H3,(H,21,23);4-7,9H,3,8H2,1-2H3,(H,16,17);/q-2;-1;+3. The molecule has 9 heteroatoms. The Balaban J connectivity index is 0.000000434. The normalized spacial score (nSPS) is 15.6. The zero-order valence-corrected chi connectivity index (χ0v) is 28.2. The number of benzene rings is 2. The number of carbonyl (C=O) groups excluding carboxylic acids is 2. The number of likely N-dealkylation sites (tertiary alicyclic amines) is 1. The SMILES string of the molecule is CC(C)C[CH-]C(=O)NCc1ccc(Cl)c(Cl)c1.[CH2-]CC(CCc1ccccc1)N1[CH-]CC(NC(=O)OC(C)(C)C)C1.[Mn+3]. The van der Waals surface area contributed by atoms with Crippen LogP contribution in [-0.4, -0.2) is 41.1 Å². The predicted molar refractivity (Wildman–Crippen MR) is 169 cm³/mol. The summed E-state index contributed by atoms with van der Waals surface area (Å²) in [5.41, 5.74) is 1.83. The molecule has 1 fully saturated rings. The smallest absolute Gasteiger partial charge is 0.454 e. The third-order valence-electron chi connectivity index (χ3n) is 6.41. The van der Waals surface area contributed by atoms with Gasteiger partial charge in [-0.3, -0.25) is 6.54 Å². The van der Waals surface area contributed by atoms with Crippen LogP contribution in [-0.2, 0) is 39.6 Å². The van der Waals surface area contributed by atoms with Gasteiger partial charge in [-0.25, -0.2) is 4.79 Å². The first-order valence-electron chi connectivity index (χ1n) is 14.3. The first-order valence-corrected chi connectivity index (χ1v) is 15.1. The van der Waals surface area contributed by atoms with E-state index in [0.29, 0.717) is 28.5 Å². The van der Waals surface area contributed by atoms with Crippen LogP contribution < -0.4 is 10.6 Å². The zero-order valence-electron chi connectivity index (χ0n) is 25.5. The van der Waals surface area contributed by atoms with Crippen molar-refractivity contribution < 1.29 is 31.4 Å². The van der Waals surface area contributed by atoms with Gasteiger partial charge in [-0.1, -0.05) is 79.4 Å². The molecular weight excluding hydrogens is 612 g/mol. The second-order valence-electron chi connectivity index (χ2n) is 11.7. The van der Waals surface area contributed by atoms with Crippen molar-refractivity contribution in [3.8, 4) is 0 Å². The van der Waals surface area contributed by atoms with Crippen LogP contribution in [0.15, 0.2) is 48.5 Å². The van der Waals surface area contributed by atoms with E-state index >= 15 is 0 Å². The van der Waals surface area contributed by atoms with Gasteiger partial charge in [0.25, 0.3) is 0 Å². The second kappa shape index (κ2) is 19.4. The second-order valence-corrected chi connectivity index (χ2v) is 12.5. The minimum absolute atomic E-state index is 0. The number of ether oxygens (including phenoxy) is 1. The molecule has 2 amide bonds. The van der Waals surface area contributed by atoms with Crippen LogP contribution in [0.4, 0.5) is 4.79 Å². The topological polar surface area (TPSA) is 70.7 Å². The van der Waals surface area contributed by atoms with E-state index in [0.717, 1.165) is 44.2 Å². The van der Waals surface area contributed by atoms with E-state index in [2.05, 4.69) is 67.1 Å². The summed E-state index contributed by atoms with van der Waals surface area (Å²) in [6.07, 6.45) is 5.95. The van der Waals surface area contributed by atoms with Gasteiger partial charge >= 0.3 is 23.2 Å². The van der Waals surface area contributed by atoms with Crippen molar-refractivity contribution in [3.05, 3.63) is 89.6 Å². The molecule has 1 aliphatic heterocycles. The maximum atomic E-state index is 11.9. The van der Waals surface area contributed by atoms with Gasteiger partial charge < -0.3 is 38.4 Å². The van der Waals surface area contributed by atoms with Gasteiger partial charge in [-0.05, 0) is 69.5 Å². The van der Waals surface area contributed by atoms with Gasteiger partial charge in [-0.15, -0.1) is 6.42 Å². The van der Waals surface area contributed by atoms with Gasteiger partial charge in [0.05, 0.1) is 16.0 Å². The Hall–Kier alpha value is -1.89. The van der Waals surface area contributed by atoms with Crippen LogP contribution in [0, 0.1) is 25.8 Å². The summed E-state index contributed by atoms with van der Waals surface area (Å²) in [6, 6.07) is 16.4. The van der Waals surface area contributed by atoms with E-state index in [1.165, 1.54) is 5.56 Å². The van der Waals surface area contributed by atoms with Gasteiger partial charge in [-0.2, -0.15) is 12.8 Å². The minimum Gasteiger partial charge on any atom is -0.454 e. The molecule has 1 saturated heterocycles. The maximum absolute atomic E-state index is 11.9. The third-order valence-corrected chi connectivity index (χ3v) is 7.15. The molecule has 0 aliphatic carbocycles. The monoisotopic (exact) mass is 657 g/mol. The number of hydrogen-bond donors (Lipinski definition) is 2. The Morgan fingerprint density at radius 1 is 1.12 bits per heavy atom. The molecule has 2 N–H and O–H groups in total. The van der Waals surface area contributed by atoms with Crippen molar-refractivity contribution in [2.75, 3.05) is 6.54 Å². The van der Waals surface area contributed by atoms with Crippen molar-refractivity contribution in [1.82, 2.24) is 15.5 Å². The number of hydrogen-bond acceptors (Lipinski definition) is 4. The quantitative estimate of drug-likeness (QED) is 0.191. The third kappa shape index (κ3) is 15.5. The van der Waals surface area contributed by atoms with Gasteiger partial charge in [0, 0.05) is 12.6 Å². The zero-order chi connectivity index (χ0) is 30.4. The van der Waals surface area contributed by atoms with Crippen LogP contribution >= 0.6 is 23.2 Å². The number of carbonyl (C=O) groups is 2. The first-order chi connectivity index (χ1) is 19.4. The molecule has 1 aliphatic rings. The molecule has 2 unspecified atom stereocenters. The van der Waals surface area contributed by atoms with E-state index in [1.54, 1.807) is 18.6 Å². The molecule has 2 atom stereocenters. The molecule has 0 spiro atoms. The molecule has 0 aromatic heterocycles. The number of nitrogens with zero attached hydrogens (tertiary/aromatic N) is 1. The van der Waals surface area contributed by atoms with Crippen molar-refractivity contribution in [2.24, 2.45) is 5.92 Å². The van der Waals surface area contributed by atoms with E-state index in [9.17, 15) is 9.59 Å². The van der Waals surface area contributed by atoms with E-state index in [4.69, 9.17) is 27.9 Å². The van der Waals surface area contributed by atoms with Gasteiger partial charge in [0.2, 0.25) is 0 Å². The number of alkyl carbamates (subject to hydrolysis) is 1. The summed E-state index contributed by atoms with van der Waals surface area (Å²) in [7, 11) is 0. The number of halogens is 2. The Kier molecular flexibility index (Phi) is 17.6. The minimum atomic E-state index is -0.461. The molecule has 42 heavy (non-hydrogen) atoms. The van der Waals surface area contributed by atoms with E-state index in [-0.39, 0.29) is 35.1 Å². The van der Waals surface area contributed by atoms with Crippen molar-refractivity contribution in [3.63, 3.8) is 0 Å². The summed E-state index contributed by atoms with van der Waals surface area (Å²) in [5.74, 6) is 0.440. The predicted octanol–water partition coefficient (Wildman–Crippen LogP) is 7.83. The molecule has 2 aromatic carbocycles. The molecule has 0 saturated carbocycles. The molecule has 232 valence electrons. The molecule has 3 rings (SSSR count). The van der Waals surface area contributed by atoms with E-state index in [1.807, 2.05) is 32.9 Å². The fraction of sp³-hybridized carbons (Fsp3) is 0.485. The van der Waals surface area contributed by atoms with Gasteiger partial charge in [0.15, 0.2) is 0 Å². The largest absolute Gasteiger partial charge is 3.00 e. The molecule has 1 heterocycles. The number of amides is 2. The van der Waals surface area contributed by atoms with Crippen LogP contribution in [0.25, 0.3) is 0 Å². The summed E-state index contributed by atoms with van der Waals surface area (Å²) >= 11 is 11.7. The summed E-state index contributed by atoms with van der Waals surface area (Å²) in [6.45, 7) is 17.4. The van der Waals surface area contributed by atoms with E-state index < -0.39 is 5.60 Å². The Morgan fingerprint density at radius 2 is 1.81 bits per heavy atom. The molecule has 6 nitrogen and oxygen atoms in total. The summed E-state index contributed by atoms with van der Waals surface area (Å²) in [4.78, 5) is 25.7. The number of nitrogens with one attached hydrogen (secondary N) is 2. The van der Waals surface area contributed by atoms with Crippen LogP contribution in [0.2, 0.25) is 10.0 Å². The average molecular weight is 659 g/mol. The number of aryl methyl sites for hydroxylation is 1. The summed E-state index contributed by atoms with van der Waals surface area (Å²) < 4.78 is 5.33. The van der Waals surface area contributed by atoms with Gasteiger partial charge in [0.1, 0.15) is 5.60 Å².